The van der Waals surface area contributed by atoms with Gasteiger partial charge in [-0.3, -0.25) is 4.79 Å². The number of nitrogens with one attached hydrogen (secondary N) is 1. The summed E-state index contributed by atoms with van der Waals surface area (Å²) in [6, 6.07) is 7.41. The molecule has 0 bridgehead atoms. The van der Waals surface area contributed by atoms with E-state index >= 15 is 0 Å². The second-order valence-corrected chi connectivity index (χ2v) is 5.03. The second-order valence-electron chi connectivity index (χ2n) is 5.03. The third kappa shape index (κ3) is 5.01. The fourth-order valence-electron chi connectivity index (χ4n) is 1.85. The predicted octanol–water partition coefficient (Wildman–Crippen LogP) is 1.69. The number of benzene rings is 1. The minimum Gasteiger partial charge on any atom is -0.381 e. The van der Waals surface area contributed by atoms with Crippen molar-refractivity contribution < 1.29 is 9.53 Å². The maximum atomic E-state index is 11.9. The van der Waals surface area contributed by atoms with Gasteiger partial charge in [0, 0.05) is 31.9 Å². The molecule has 1 amide bonds. The van der Waals surface area contributed by atoms with Crippen molar-refractivity contribution in [2.75, 3.05) is 19.8 Å². The molecule has 4 nitrogen and oxygen atoms in total. The Morgan fingerprint density at radius 3 is 3.00 bits per heavy atom. The average Bonchev–Trinajstić information content (AvgIpc) is 3.26. The smallest absolute Gasteiger partial charge is 0.251 e. The predicted molar refractivity (Wildman–Crippen MR) is 74.8 cm³/mol. The molecular formula is C15H22N2O2. The van der Waals surface area contributed by atoms with Gasteiger partial charge in [-0.15, -0.1) is 0 Å². The molecule has 0 heterocycles. The summed E-state index contributed by atoms with van der Waals surface area (Å²) in [6.07, 6.45) is 3.48. The van der Waals surface area contributed by atoms with E-state index in [1.807, 2.05) is 18.2 Å². The van der Waals surface area contributed by atoms with Gasteiger partial charge < -0.3 is 15.8 Å². The van der Waals surface area contributed by atoms with Crippen LogP contribution in [0.15, 0.2) is 24.3 Å². The molecule has 1 aliphatic carbocycles. The molecule has 0 spiro atoms. The highest BCUT2D eigenvalue weighted by atomic mass is 16.5. The number of rotatable bonds is 8. The van der Waals surface area contributed by atoms with E-state index in [-0.39, 0.29) is 5.91 Å². The summed E-state index contributed by atoms with van der Waals surface area (Å²) in [7, 11) is 0. The van der Waals surface area contributed by atoms with E-state index in [1.54, 1.807) is 6.07 Å². The van der Waals surface area contributed by atoms with Crippen molar-refractivity contribution in [1.29, 1.82) is 0 Å². The van der Waals surface area contributed by atoms with Gasteiger partial charge in [0.15, 0.2) is 0 Å². The lowest BCUT2D eigenvalue weighted by Gasteiger charge is -2.07. The van der Waals surface area contributed by atoms with Crippen LogP contribution in [0.3, 0.4) is 0 Å². The second kappa shape index (κ2) is 7.26. The normalized spacial score (nSPS) is 14.4. The van der Waals surface area contributed by atoms with Crippen molar-refractivity contribution in [2.45, 2.75) is 25.8 Å². The number of amides is 1. The quantitative estimate of drug-likeness (QED) is 0.701. The van der Waals surface area contributed by atoms with Crippen LogP contribution in [-0.4, -0.2) is 25.7 Å². The van der Waals surface area contributed by atoms with Crippen LogP contribution in [0.25, 0.3) is 0 Å². The van der Waals surface area contributed by atoms with Gasteiger partial charge in [-0.1, -0.05) is 12.1 Å². The Kier molecular flexibility index (Phi) is 5.36. The van der Waals surface area contributed by atoms with Gasteiger partial charge in [0.25, 0.3) is 5.91 Å². The molecule has 0 saturated heterocycles. The Balaban J connectivity index is 1.62. The molecule has 0 aliphatic heterocycles. The van der Waals surface area contributed by atoms with Crippen LogP contribution in [0.1, 0.15) is 35.2 Å². The lowest BCUT2D eigenvalue weighted by Crippen LogP contribution is -2.25. The standard InChI is InChI=1S/C15H22N2O2/c16-10-13-3-1-4-14(9-13)15(18)17-7-2-8-19-11-12-5-6-12/h1,3-4,9,12H,2,5-8,10-11,16H2,(H,17,18). The van der Waals surface area contributed by atoms with Crippen LogP contribution >= 0.6 is 0 Å². The average molecular weight is 262 g/mol. The molecule has 0 unspecified atom stereocenters. The molecule has 19 heavy (non-hydrogen) atoms. The number of carbonyl (C=O) groups is 1. The molecule has 1 aromatic rings. The van der Waals surface area contributed by atoms with Crippen LogP contribution < -0.4 is 11.1 Å². The first kappa shape index (κ1) is 14.0. The van der Waals surface area contributed by atoms with Gasteiger partial charge >= 0.3 is 0 Å². The molecule has 2 rings (SSSR count). The summed E-state index contributed by atoms with van der Waals surface area (Å²) in [5, 5.41) is 2.89. The van der Waals surface area contributed by atoms with Gasteiger partial charge in [0.05, 0.1) is 0 Å². The van der Waals surface area contributed by atoms with Crippen molar-refractivity contribution in [3.63, 3.8) is 0 Å². The van der Waals surface area contributed by atoms with E-state index in [0.717, 1.165) is 31.1 Å². The van der Waals surface area contributed by atoms with Crippen molar-refractivity contribution in [3.05, 3.63) is 35.4 Å². The summed E-state index contributed by atoms with van der Waals surface area (Å²) in [5.41, 5.74) is 7.20. The lowest BCUT2D eigenvalue weighted by atomic mass is 10.1. The Morgan fingerprint density at radius 2 is 2.26 bits per heavy atom. The molecule has 1 saturated carbocycles. The molecule has 4 heteroatoms. The maximum absolute atomic E-state index is 11.9. The number of carbonyl (C=O) groups excluding carboxylic acids is 1. The van der Waals surface area contributed by atoms with Crippen LogP contribution in [0.2, 0.25) is 0 Å². The topological polar surface area (TPSA) is 64.4 Å². The third-order valence-electron chi connectivity index (χ3n) is 3.23. The molecule has 1 fully saturated rings. The van der Waals surface area contributed by atoms with Gasteiger partial charge in [0.1, 0.15) is 0 Å². The SMILES string of the molecule is NCc1cccc(C(=O)NCCCOCC2CC2)c1. The van der Waals surface area contributed by atoms with E-state index in [2.05, 4.69) is 5.32 Å². The summed E-state index contributed by atoms with van der Waals surface area (Å²) in [4.78, 5) is 11.9. The lowest BCUT2D eigenvalue weighted by molar-refractivity contribution is 0.0937. The van der Waals surface area contributed by atoms with E-state index in [9.17, 15) is 4.79 Å². The molecule has 1 aromatic carbocycles. The number of hydrogen-bond acceptors (Lipinski definition) is 3. The molecule has 0 radical (unpaired) electrons. The first-order valence-corrected chi connectivity index (χ1v) is 6.94. The van der Waals surface area contributed by atoms with Crippen molar-refractivity contribution in [3.8, 4) is 0 Å². The van der Waals surface area contributed by atoms with E-state index < -0.39 is 0 Å². The number of nitrogens with two attached hydrogens (primary N) is 1. The third-order valence-corrected chi connectivity index (χ3v) is 3.23. The van der Waals surface area contributed by atoms with Crippen LogP contribution in [-0.2, 0) is 11.3 Å². The number of ether oxygens (including phenoxy) is 1. The maximum Gasteiger partial charge on any atom is 0.251 e. The molecule has 104 valence electrons. The Morgan fingerprint density at radius 1 is 1.42 bits per heavy atom. The van der Waals surface area contributed by atoms with Crippen molar-refractivity contribution in [2.24, 2.45) is 11.7 Å². The summed E-state index contributed by atoms with van der Waals surface area (Å²) >= 11 is 0. The number of hydrogen-bond donors (Lipinski definition) is 2. The highest BCUT2D eigenvalue weighted by Gasteiger charge is 2.20. The van der Waals surface area contributed by atoms with Crippen molar-refractivity contribution in [1.82, 2.24) is 5.32 Å². The van der Waals surface area contributed by atoms with E-state index in [4.69, 9.17) is 10.5 Å². The summed E-state index contributed by atoms with van der Waals surface area (Å²) in [6.45, 7) is 2.71. The minimum atomic E-state index is -0.0440. The Hall–Kier alpha value is -1.39. The molecule has 1 aliphatic rings. The minimum absolute atomic E-state index is 0.0440. The van der Waals surface area contributed by atoms with Crippen LogP contribution in [0.4, 0.5) is 0 Å². The van der Waals surface area contributed by atoms with Gasteiger partial charge in [-0.25, -0.2) is 0 Å². The van der Waals surface area contributed by atoms with E-state index in [1.165, 1.54) is 12.8 Å². The van der Waals surface area contributed by atoms with Gasteiger partial charge in [0.2, 0.25) is 0 Å². The highest BCUT2D eigenvalue weighted by molar-refractivity contribution is 5.94. The van der Waals surface area contributed by atoms with Crippen LogP contribution in [0.5, 0.6) is 0 Å². The summed E-state index contributed by atoms with van der Waals surface area (Å²) in [5.74, 6) is 0.756. The van der Waals surface area contributed by atoms with E-state index in [0.29, 0.717) is 18.7 Å². The van der Waals surface area contributed by atoms with Gasteiger partial charge in [-0.05, 0) is 42.9 Å². The zero-order valence-electron chi connectivity index (χ0n) is 11.2. The Labute approximate surface area is 114 Å². The monoisotopic (exact) mass is 262 g/mol. The first-order chi connectivity index (χ1) is 9.29. The largest absolute Gasteiger partial charge is 0.381 e. The first-order valence-electron chi connectivity index (χ1n) is 6.94. The molecule has 0 atom stereocenters. The Bertz CT molecular complexity index is 416. The fourth-order valence-corrected chi connectivity index (χ4v) is 1.85. The van der Waals surface area contributed by atoms with Crippen LogP contribution in [0, 0.1) is 5.92 Å². The van der Waals surface area contributed by atoms with Crippen molar-refractivity contribution >= 4 is 5.91 Å². The molecule has 0 aromatic heterocycles. The zero-order chi connectivity index (χ0) is 13.5. The highest BCUT2D eigenvalue weighted by Crippen LogP contribution is 2.28. The summed E-state index contributed by atoms with van der Waals surface area (Å²) < 4.78 is 5.51. The molecule has 3 N–H and O–H groups in total. The zero-order valence-corrected chi connectivity index (χ0v) is 11.2. The molecular weight excluding hydrogens is 240 g/mol. The fraction of sp³-hybridized carbons (Fsp3) is 0.533. The van der Waals surface area contributed by atoms with Gasteiger partial charge in [-0.2, -0.15) is 0 Å².